The van der Waals surface area contributed by atoms with Crippen LogP contribution in [0.2, 0.25) is 0 Å². The molecule has 9 N–H and O–H groups in total. The fraction of sp³-hybridized carbons (Fsp3) is 0.935. The van der Waals surface area contributed by atoms with Gasteiger partial charge in [0.05, 0.1) is 37.4 Å². The Balaban J connectivity index is 1.08. The molecular formula is C46H74O16. The molecular weight excluding hydrogens is 808 g/mol. The maximum atomic E-state index is 13.1. The molecule has 354 valence electrons. The van der Waals surface area contributed by atoms with Crippen molar-refractivity contribution in [3.8, 4) is 0 Å². The van der Waals surface area contributed by atoms with Gasteiger partial charge in [0.15, 0.2) is 18.9 Å². The Labute approximate surface area is 364 Å². The van der Waals surface area contributed by atoms with Crippen LogP contribution in [-0.2, 0) is 33.2 Å². The Kier molecular flexibility index (Phi) is 12.5. The summed E-state index contributed by atoms with van der Waals surface area (Å²) in [5.74, 6) is -0.403. The summed E-state index contributed by atoms with van der Waals surface area (Å²) in [6, 6.07) is 0. The summed E-state index contributed by atoms with van der Waals surface area (Å²) < 4.78 is 36.8. The number of hydrogen-bond donors (Lipinski definition) is 9. The average Bonchev–Trinajstić information content (AvgIpc) is 3.22. The summed E-state index contributed by atoms with van der Waals surface area (Å²) in [6.45, 7) is 14.4. The van der Waals surface area contributed by atoms with Gasteiger partial charge in [-0.2, -0.15) is 0 Å². The predicted molar refractivity (Wildman–Crippen MR) is 219 cm³/mol. The minimum atomic E-state index is -1.73. The van der Waals surface area contributed by atoms with E-state index in [4.69, 9.17) is 28.4 Å². The van der Waals surface area contributed by atoms with E-state index in [2.05, 4.69) is 40.7 Å². The number of hydrogen-bond acceptors (Lipinski definition) is 15. The van der Waals surface area contributed by atoms with Crippen LogP contribution >= 0.6 is 0 Å². The fourth-order valence-corrected chi connectivity index (χ4v) is 14.5. The van der Waals surface area contributed by atoms with Crippen LogP contribution in [0.3, 0.4) is 0 Å². The van der Waals surface area contributed by atoms with Gasteiger partial charge in [0.2, 0.25) is 0 Å². The van der Waals surface area contributed by atoms with E-state index in [9.17, 15) is 50.8 Å². The van der Waals surface area contributed by atoms with Gasteiger partial charge in [-0.25, -0.2) is 0 Å². The molecule has 0 bridgehead atoms. The highest BCUT2D eigenvalue weighted by molar-refractivity contribution is 5.76. The molecule has 4 saturated carbocycles. The van der Waals surface area contributed by atoms with Gasteiger partial charge in [0, 0.05) is 5.41 Å². The van der Waals surface area contributed by atoms with Crippen molar-refractivity contribution in [1.82, 2.24) is 0 Å². The van der Waals surface area contributed by atoms with E-state index in [1.54, 1.807) is 0 Å². The first-order valence-electron chi connectivity index (χ1n) is 23.1. The van der Waals surface area contributed by atoms with E-state index in [0.29, 0.717) is 19.3 Å². The molecule has 8 rings (SSSR count). The molecule has 0 aromatic heterocycles. The number of allylic oxidation sites excluding steroid dienone is 2. The van der Waals surface area contributed by atoms with Crippen molar-refractivity contribution in [2.45, 2.75) is 199 Å². The summed E-state index contributed by atoms with van der Waals surface area (Å²) in [5, 5.41) is 97.0. The Hall–Kier alpha value is -1.35. The molecule has 3 saturated heterocycles. The van der Waals surface area contributed by atoms with Crippen molar-refractivity contribution in [2.75, 3.05) is 19.8 Å². The Morgan fingerprint density at radius 3 is 2.05 bits per heavy atom. The molecule has 0 aromatic carbocycles. The zero-order valence-corrected chi connectivity index (χ0v) is 37.5. The van der Waals surface area contributed by atoms with Gasteiger partial charge in [-0.15, -0.1) is 0 Å². The van der Waals surface area contributed by atoms with Crippen molar-refractivity contribution < 1.29 is 79.2 Å². The summed E-state index contributed by atoms with van der Waals surface area (Å²) in [7, 11) is 0. The normalized spacial score (nSPS) is 55.1. The first-order valence-corrected chi connectivity index (χ1v) is 23.1. The monoisotopic (exact) mass is 882 g/mol. The number of aliphatic hydroxyl groups excluding tert-OH is 8. The smallest absolute Gasteiger partial charge is 0.310 e. The van der Waals surface area contributed by atoms with Crippen molar-refractivity contribution in [3.05, 3.63) is 11.6 Å². The van der Waals surface area contributed by atoms with Crippen LogP contribution in [0, 0.1) is 50.2 Å². The summed E-state index contributed by atoms with van der Waals surface area (Å²) in [4.78, 5) is 13.1. The van der Waals surface area contributed by atoms with Crippen LogP contribution in [0.5, 0.6) is 0 Å². The lowest BCUT2D eigenvalue weighted by Crippen LogP contribution is -2.67. The molecule has 0 spiro atoms. The molecule has 3 aliphatic heterocycles. The third-order valence-corrected chi connectivity index (χ3v) is 18.7. The van der Waals surface area contributed by atoms with Crippen molar-refractivity contribution in [1.29, 1.82) is 0 Å². The number of carboxylic acids is 1. The predicted octanol–water partition coefficient (Wildman–Crippen LogP) is 1.98. The Morgan fingerprint density at radius 1 is 0.710 bits per heavy atom. The molecule has 3 heterocycles. The van der Waals surface area contributed by atoms with Gasteiger partial charge < -0.3 is 74.4 Å². The molecule has 0 amide bonds. The first-order chi connectivity index (χ1) is 29.0. The number of carbonyl (C=O) groups is 1. The maximum Gasteiger partial charge on any atom is 0.310 e. The standard InChI is InChI=1S/C46H74O16/c1-22-30(50)32(52)34(54)38(59-22)62-36-35(61-37-33(53)31(51)25(48)19-57-37)26(49)20-58-39(36)60-29-11-12-42(4)27(43(29,5)21-47)10-13-45(7)28(42)9-8-23-24-18-41(2,3)14-16-46(24,40(55)56)17-15-44(23,45)6/h8,22,24-39,47-54H,9-21H2,1-7H3,(H,55,56)/t22-,24-,25-,26-,27+,28+,29+,30-,31-,32+,33+,34+,35-,36+,37-,38-,39-,42-,43-,44+,45+,46-/m0/s1. The first kappa shape index (κ1) is 47.2. The number of aliphatic carboxylic acids is 1. The molecule has 16 nitrogen and oxygen atoms in total. The molecule has 8 aliphatic rings. The quantitative estimate of drug-likeness (QED) is 0.125. The topological polar surface area (TPSA) is 255 Å². The molecule has 62 heavy (non-hydrogen) atoms. The molecule has 7 fully saturated rings. The summed E-state index contributed by atoms with van der Waals surface area (Å²) in [6.07, 6.45) is -9.39. The van der Waals surface area contributed by atoms with Crippen LogP contribution in [0.25, 0.3) is 0 Å². The Bertz CT molecular complexity index is 1690. The van der Waals surface area contributed by atoms with Gasteiger partial charge in [-0.3, -0.25) is 4.79 Å². The fourth-order valence-electron chi connectivity index (χ4n) is 14.5. The number of ether oxygens (including phenoxy) is 6. The third-order valence-electron chi connectivity index (χ3n) is 18.7. The molecule has 22 atom stereocenters. The van der Waals surface area contributed by atoms with Gasteiger partial charge in [0.25, 0.3) is 0 Å². The number of carboxylic acid groups (broad SMARTS) is 1. The molecule has 16 heteroatoms. The lowest BCUT2D eigenvalue weighted by Gasteiger charge is -2.71. The lowest BCUT2D eigenvalue weighted by molar-refractivity contribution is -0.384. The van der Waals surface area contributed by atoms with Crippen LogP contribution in [0.1, 0.15) is 113 Å². The van der Waals surface area contributed by atoms with Crippen LogP contribution in [-0.4, -0.2) is 158 Å². The highest BCUT2D eigenvalue weighted by atomic mass is 16.8. The number of aliphatic hydroxyl groups is 8. The highest BCUT2D eigenvalue weighted by Crippen LogP contribution is 2.76. The van der Waals surface area contributed by atoms with Crippen LogP contribution in [0.4, 0.5) is 0 Å². The minimum Gasteiger partial charge on any atom is -0.481 e. The van der Waals surface area contributed by atoms with Crippen LogP contribution in [0.15, 0.2) is 11.6 Å². The van der Waals surface area contributed by atoms with E-state index in [-0.39, 0.29) is 59.2 Å². The van der Waals surface area contributed by atoms with Crippen LogP contribution < -0.4 is 0 Å². The third kappa shape index (κ3) is 7.19. The zero-order valence-electron chi connectivity index (χ0n) is 37.5. The molecule has 0 aromatic rings. The molecule has 0 unspecified atom stereocenters. The number of fused-ring (bicyclic) bond motifs is 7. The largest absolute Gasteiger partial charge is 0.481 e. The lowest BCUT2D eigenvalue weighted by atomic mass is 9.33. The van der Waals surface area contributed by atoms with E-state index in [0.717, 1.165) is 44.9 Å². The number of rotatable bonds is 8. The van der Waals surface area contributed by atoms with Gasteiger partial charge in [0.1, 0.15) is 54.9 Å². The van der Waals surface area contributed by atoms with E-state index in [1.807, 2.05) is 6.92 Å². The summed E-state index contributed by atoms with van der Waals surface area (Å²) in [5.41, 5.74) is -0.637. The van der Waals surface area contributed by atoms with Crippen molar-refractivity contribution in [2.24, 2.45) is 50.2 Å². The minimum absolute atomic E-state index is 0.00380. The van der Waals surface area contributed by atoms with Crippen molar-refractivity contribution >= 4 is 5.97 Å². The highest BCUT2D eigenvalue weighted by Gasteiger charge is 2.70. The van der Waals surface area contributed by atoms with E-state index < -0.39 is 103 Å². The molecule has 0 radical (unpaired) electrons. The average molecular weight is 883 g/mol. The van der Waals surface area contributed by atoms with Gasteiger partial charge in [-0.1, -0.05) is 53.2 Å². The molecule has 5 aliphatic carbocycles. The van der Waals surface area contributed by atoms with Crippen molar-refractivity contribution in [3.63, 3.8) is 0 Å². The second-order valence-corrected chi connectivity index (χ2v) is 22.4. The van der Waals surface area contributed by atoms with Gasteiger partial charge in [-0.05, 0) is 111 Å². The van der Waals surface area contributed by atoms with E-state index >= 15 is 0 Å². The van der Waals surface area contributed by atoms with E-state index in [1.165, 1.54) is 12.5 Å². The zero-order chi connectivity index (χ0) is 45.1. The van der Waals surface area contributed by atoms with Gasteiger partial charge >= 0.3 is 5.97 Å². The SMILES string of the molecule is C[C@@H]1O[C@@H](O[C@H]2[C@H](O[C@@H]3CC[C@@]4(C)[C@@H](CC[C@]5(C)[C@@H]4CC=C4[C@@H]6CC(C)(C)CC[C@]6(C(=O)O)CC[C@]45C)[C@]3(C)CO)OC[C@H](O)[C@@H]2O[C@@H]2OC[C@H](O)[C@H](O)[C@H]2O)[C@H](O)[C@H](O)[C@H]1O. The summed E-state index contributed by atoms with van der Waals surface area (Å²) >= 11 is 0. The Morgan fingerprint density at radius 2 is 1.35 bits per heavy atom. The second kappa shape index (κ2) is 16.5. The second-order valence-electron chi connectivity index (χ2n) is 22.4. The maximum absolute atomic E-state index is 13.1.